The molecule has 0 unspecified atom stereocenters. The molecule has 0 fully saturated rings. The molecule has 0 aliphatic heterocycles. The number of benzene rings is 1. The molecule has 0 aliphatic carbocycles. The van der Waals surface area contributed by atoms with Gasteiger partial charge in [-0.3, -0.25) is 10.1 Å². The Labute approximate surface area is 103 Å². The van der Waals surface area contributed by atoms with Crippen LogP contribution in [0.2, 0.25) is 0 Å². The number of rotatable bonds is 4. The van der Waals surface area contributed by atoms with Gasteiger partial charge in [0.2, 0.25) is 6.21 Å². The van der Waals surface area contributed by atoms with Crippen molar-refractivity contribution >= 4 is 12.1 Å². The summed E-state index contributed by atoms with van der Waals surface area (Å²) in [5, 5.41) is 22.0. The summed E-state index contributed by atoms with van der Waals surface area (Å²) < 4.78 is 5.52. The fourth-order valence-electron chi connectivity index (χ4n) is 1.46. The molecule has 1 aromatic carbocycles. The highest BCUT2D eigenvalue weighted by molar-refractivity contribution is 5.72. The van der Waals surface area contributed by atoms with Crippen LogP contribution in [0.15, 0.2) is 46.9 Å². The number of hydroxylamine groups is 1. The van der Waals surface area contributed by atoms with Gasteiger partial charge in [-0.1, -0.05) is 30.3 Å². The first-order valence-corrected chi connectivity index (χ1v) is 5.22. The number of furan rings is 1. The van der Waals surface area contributed by atoms with Crippen LogP contribution in [-0.4, -0.2) is 15.9 Å². The van der Waals surface area contributed by atoms with Gasteiger partial charge in [0.05, 0.1) is 6.07 Å². The molecule has 2 aromatic rings. The lowest BCUT2D eigenvalue weighted by atomic mass is 10.2. The molecule has 92 valence electrons. The molecule has 0 spiro atoms. The zero-order chi connectivity index (χ0) is 13.0. The number of hydrogen-bond donors (Lipinski definition) is 0. The largest absolute Gasteiger partial charge is 0.623 e. The molecule has 0 amide bonds. The van der Waals surface area contributed by atoms with E-state index in [9.17, 15) is 15.3 Å². The van der Waals surface area contributed by atoms with E-state index in [1.165, 1.54) is 18.3 Å². The minimum absolute atomic E-state index is 0.160. The standard InChI is InChI=1S/C12H10N2O4/c15-13(8-10-4-2-1-3-5-10)9-11-6-7-12(18-11)14(16)17/h1-7,9H,8H2/b13-9-. The van der Waals surface area contributed by atoms with E-state index in [1.54, 1.807) is 0 Å². The first kappa shape index (κ1) is 11.8. The molecule has 6 heteroatoms. The van der Waals surface area contributed by atoms with E-state index in [1.807, 2.05) is 30.3 Å². The van der Waals surface area contributed by atoms with Gasteiger partial charge in [0, 0.05) is 5.56 Å². The summed E-state index contributed by atoms with van der Waals surface area (Å²) in [6.45, 7) is 0.162. The van der Waals surface area contributed by atoms with E-state index in [2.05, 4.69) is 0 Å². The van der Waals surface area contributed by atoms with Gasteiger partial charge < -0.3 is 9.62 Å². The van der Waals surface area contributed by atoms with Crippen molar-refractivity contribution in [3.05, 3.63) is 69.1 Å². The molecular weight excluding hydrogens is 236 g/mol. The molecule has 1 aromatic heterocycles. The van der Waals surface area contributed by atoms with Gasteiger partial charge >= 0.3 is 5.88 Å². The van der Waals surface area contributed by atoms with E-state index >= 15 is 0 Å². The van der Waals surface area contributed by atoms with Crippen LogP contribution in [0.1, 0.15) is 11.3 Å². The van der Waals surface area contributed by atoms with E-state index in [0.29, 0.717) is 4.74 Å². The SMILES string of the molecule is O=[N+]([O-])c1ccc(/C=[N+](\[O-])Cc2ccccc2)o1. The predicted octanol–water partition coefficient (Wildman–Crippen LogP) is 2.32. The maximum atomic E-state index is 11.6. The van der Waals surface area contributed by atoms with Crippen LogP contribution >= 0.6 is 0 Å². The van der Waals surface area contributed by atoms with Crippen LogP contribution in [0.4, 0.5) is 5.88 Å². The number of nitro groups is 1. The molecular formula is C12H10N2O4. The summed E-state index contributed by atoms with van der Waals surface area (Å²) in [7, 11) is 0. The Morgan fingerprint density at radius 1 is 1.11 bits per heavy atom. The minimum atomic E-state index is -0.649. The molecule has 0 radical (unpaired) electrons. The van der Waals surface area contributed by atoms with Crippen molar-refractivity contribution in [1.82, 2.24) is 0 Å². The van der Waals surface area contributed by atoms with Crippen molar-refractivity contribution in [2.24, 2.45) is 0 Å². The molecule has 0 bridgehead atoms. The third-order valence-corrected chi connectivity index (χ3v) is 2.25. The Bertz CT molecular complexity index is 575. The predicted molar refractivity (Wildman–Crippen MR) is 64.3 cm³/mol. The fourth-order valence-corrected chi connectivity index (χ4v) is 1.46. The Balaban J connectivity index is 2.10. The molecule has 0 saturated heterocycles. The quantitative estimate of drug-likeness (QED) is 0.272. The van der Waals surface area contributed by atoms with Gasteiger partial charge in [-0.15, -0.1) is 0 Å². The molecule has 6 nitrogen and oxygen atoms in total. The van der Waals surface area contributed by atoms with E-state index in [0.717, 1.165) is 5.56 Å². The average Bonchev–Trinajstić information content (AvgIpc) is 2.78. The Morgan fingerprint density at radius 2 is 1.83 bits per heavy atom. The first-order valence-electron chi connectivity index (χ1n) is 5.22. The summed E-state index contributed by atoms with van der Waals surface area (Å²) in [5.74, 6) is -0.220. The number of hydrogen-bond acceptors (Lipinski definition) is 4. The van der Waals surface area contributed by atoms with Crippen LogP contribution in [0.5, 0.6) is 0 Å². The van der Waals surface area contributed by atoms with Gasteiger partial charge in [0.25, 0.3) is 0 Å². The Morgan fingerprint density at radius 3 is 2.44 bits per heavy atom. The molecule has 0 atom stereocenters. The molecule has 1 heterocycles. The minimum Gasteiger partial charge on any atom is -0.623 e. The average molecular weight is 246 g/mol. The summed E-state index contributed by atoms with van der Waals surface area (Å²) in [4.78, 5) is 9.75. The molecule has 0 aliphatic rings. The second kappa shape index (κ2) is 5.13. The zero-order valence-corrected chi connectivity index (χ0v) is 9.35. The Kier molecular flexibility index (Phi) is 3.38. The molecule has 0 saturated carbocycles. The normalized spacial score (nSPS) is 11.4. The monoisotopic (exact) mass is 246 g/mol. The van der Waals surface area contributed by atoms with E-state index < -0.39 is 4.92 Å². The van der Waals surface area contributed by atoms with Gasteiger partial charge in [-0.05, 0) is 6.07 Å². The van der Waals surface area contributed by atoms with Crippen molar-refractivity contribution in [1.29, 1.82) is 0 Å². The highest BCUT2D eigenvalue weighted by Gasteiger charge is 2.12. The van der Waals surface area contributed by atoms with Crippen LogP contribution in [-0.2, 0) is 6.54 Å². The maximum Gasteiger partial charge on any atom is 0.433 e. The lowest BCUT2D eigenvalue weighted by Crippen LogP contribution is -2.04. The van der Waals surface area contributed by atoms with Crippen LogP contribution in [0.3, 0.4) is 0 Å². The molecule has 0 N–H and O–H groups in total. The van der Waals surface area contributed by atoms with Crippen LogP contribution < -0.4 is 0 Å². The lowest BCUT2D eigenvalue weighted by Gasteiger charge is -2.02. The first-order chi connectivity index (χ1) is 8.65. The lowest BCUT2D eigenvalue weighted by molar-refractivity contribution is -0.470. The molecule has 18 heavy (non-hydrogen) atoms. The Hall–Kier alpha value is -2.63. The maximum absolute atomic E-state index is 11.6. The zero-order valence-electron chi connectivity index (χ0n) is 9.35. The van der Waals surface area contributed by atoms with Crippen molar-refractivity contribution in [3.8, 4) is 0 Å². The summed E-state index contributed by atoms with van der Waals surface area (Å²) >= 11 is 0. The van der Waals surface area contributed by atoms with Crippen molar-refractivity contribution in [2.45, 2.75) is 6.54 Å². The second-order valence-electron chi connectivity index (χ2n) is 3.62. The summed E-state index contributed by atoms with van der Waals surface area (Å²) in [6, 6.07) is 11.8. The van der Waals surface area contributed by atoms with Gasteiger partial charge in [0.15, 0.2) is 12.3 Å². The van der Waals surface area contributed by atoms with Gasteiger partial charge in [0.1, 0.15) is 4.92 Å². The van der Waals surface area contributed by atoms with E-state index in [-0.39, 0.29) is 18.2 Å². The number of nitrogens with zero attached hydrogens (tertiary/aromatic N) is 2. The van der Waals surface area contributed by atoms with Crippen LogP contribution in [0.25, 0.3) is 0 Å². The van der Waals surface area contributed by atoms with Gasteiger partial charge in [-0.2, -0.15) is 0 Å². The third-order valence-electron chi connectivity index (χ3n) is 2.25. The van der Waals surface area contributed by atoms with Crippen molar-refractivity contribution in [3.63, 3.8) is 0 Å². The fraction of sp³-hybridized carbons (Fsp3) is 0.0833. The molecule has 2 rings (SSSR count). The third kappa shape index (κ3) is 2.94. The summed E-state index contributed by atoms with van der Waals surface area (Å²) in [5.41, 5.74) is 0.852. The van der Waals surface area contributed by atoms with E-state index in [4.69, 9.17) is 4.42 Å². The highest BCUT2D eigenvalue weighted by Crippen LogP contribution is 2.13. The van der Waals surface area contributed by atoms with Crippen LogP contribution in [0, 0.1) is 15.3 Å². The van der Waals surface area contributed by atoms with Crippen molar-refractivity contribution < 1.29 is 14.1 Å². The smallest absolute Gasteiger partial charge is 0.433 e. The van der Waals surface area contributed by atoms with Crippen molar-refractivity contribution in [2.75, 3.05) is 0 Å². The topological polar surface area (TPSA) is 82.3 Å². The highest BCUT2D eigenvalue weighted by atomic mass is 16.6. The summed E-state index contributed by atoms with van der Waals surface area (Å²) in [6.07, 6.45) is 1.18. The second-order valence-corrected chi connectivity index (χ2v) is 3.62. The van der Waals surface area contributed by atoms with Gasteiger partial charge in [-0.25, -0.2) is 4.74 Å².